The predicted molar refractivity (Wildman–Crippen MR) is 232 cm³/mol. The number of rotatable bonds is 13. The van der Waals surface area contributed by atoms with Crippen molar-refractivity contribution in [1.82, 2.24) is 0 Å². The molecule has 4 saturated heterocycles. The monoisotopic (exact) mass is 945 g/mol. The molecule has 18 heteroatoms. The number of hydrogen-bond acceptors (Lipinski definition) is 18. The maximum atomic E-state index is 12.8. The molecular weight excluding hydrogens is 865 g/mol. The summed E-state index contributed by atoms with van der Waals surface area (Å²) in [5.74, 6) is 1.39. The summed E-state index contributed by atoms with van der Waals surface area (Å²) in [5, 5.41) is 75.0. The van der Waals surface area contributed by atoms with Crippen LogP contribution in [0.5, 0.6) is 0 Å². The standard InChI is InChI=1S/C48H80O18/c1-22-36(50)43(58-9)40(54)45(61-22)63-27-12-15-46(5)26(18-27)10-11-28-29(46)13-16-47(6)30(28)14-17-48(47,55)25(4)62-34-19-31(56-7)41(23(2)59-34)65-35-20-32(57-8)42(24(3)60-35)66-44-39(53)38(52)37(51)33(21-49)64-44/h10-11,22-45,49-55H,12-21H2,1-9H3/t22-,23-,24-,25+,26+,27+,28-,29+,30+,31+,32-,33-,34+,35+,36+,37-,38+,39-,40-,41+,42-,43+,44+,45+,46+,47+,48+/m1/s1. The van der Waals surface area contributed by atoms with E-state index in [0.29, 0.717) is 30.6 Å². The van der Waals surface area contributed by atoms with Gasteiger partial charge in [-0.25, -0.2) is 0 Å². The minimum absolute atomic E-state index is 0.0720. The van der Waals surface area contributed by atoms with E-state index in [1.165, 1.54) is 14.2 Å². The van der Waals surface area contributed by atoms with Crippen LogP contribution in [0.1, 0.15) is 99.3 Å². The lowest BCUT2D eigenvalue weighted by Gasteiger charge is -2.60. The van der Waals surface area contributed by atoms with Crippen LogP contribution in [-0.2, 0) is 52.1 Å². The number of aliphatic hydroxyl groups is 7. The highest BCUT2D eigenvalue weighted by atomic mass is 16.8. The van der Waals surface area contributed by atoms with Gasteiger partial charge in [-0.15, -0.1) is 0 Å². The first-order valence-corrected chi connectivity index (χ1v) is 24.6. The van der Waals surface area contributed by atoms with Gasteiger partial charge in [-0.2, -0.15) is 0 Å². The second kappa shape index (κ2) is 20.3. The van der Waals surface area contributed by atoms with Crippen LogP contribution >= 0.6 is 0 Å². The van der Waals surface area contributed by atoms with E-state index in [4.69, 9.17) is 52.1 Å². The van der Waals surface area contributed by atoms with Gasteiger partial charge in [0.05, 0.1) is 54.9 Å². The summed E-state index contributed by atoms with van der Waals surface area (Å²) in [6.45, 7) is 11.6. The number of fused-ring (bicyclic) bond motifs is 5. The van der Waals surface area contributed by atoms with Crippen LogP contribution in [-0.4, -0.2) is 192 Å². The smallest absolute Gasteiger partial charge is 0.187 e. The van der Waals surface area contributed by atoms with Crippen LogP contribution in [0.2, 0.25) is 0 Å². The zero-order valence-corrected chi connectivity index (χ0v) is 40.2. The third-order valence-corrected chi connectivity index (χ3v) is 18.0. The summed E-state index contributed by atoms with van der Waals surface area (Å²) in [6.07, 6.45) is -5.16. The molecule has 7 N–H and O–H groups in total. The molecule has 3 saturated carbocycles. The van der Waals surface area contributed by atoms with E-state index in [0.717, 1.165) is 38.5 Å². The average Bonchev–Trinajstić information content (AvgIpc) is 3.58. The minimum Gasteiger partial charge on any atom is -0.394 e. The van der Waals surface area contributed by atoms with E-state index in [9.17, 15) is 35.7 Å². The van der Waals surface area contributed by atoms with Crippen molar-refractivity contribution in [3.8, 4) is 0 Å². The summed E-state index contributed by atoms with van der Waals surface area (Å²) < 4.78 is 67.3. The van der Waals surface area contributed by atoms with Crippen molar-refractivity contribution >= 4 is 0 Å². The third kappa shape index (κ3) is 9.12. The molecule has 4 aliphatic heterocycles. The lowest BCUT2D eigenvalue weighted by molar-refractivity contribution is -0.354. The van der Waals surface area contributed by atoms with Gasteiger partial charge < -0.3 is 87.9 Å². The van der Waals surface area contributed by atoms with Crippen LogP contribution in [0.4, 0.5) is 0 Å². The van der Waals surface area contributed by atoms with Gasteiger partial charge in [-0.05, 0) is 102 Å². The maximum absolute atomic E-state index is 12.8. The zero-order valence-electron chi connectivity index (χ0n) is 40.2. The molecule has 4 heterocycles. The Morgan fingerprint density at radius 3 is 1.92 bits per heavy atom. The second-order valence-electron chi connectivity index (χ2n) is 21.4. The summed E-state index contributed by atoms with van der Waals surface area (Å²) in [5.41, 5.74) is -1.38. The van der Waals surface area contributed by atoms with Crippen molar-refractivity contribution in [1.29, 1.82) is 0 Å². The number of ether oxygens (including phenoxy) is 11. The second-order valence-corrected chi connectivity index (χ2v) is 21.4. The van der Waals surface area contributed by atoms with Crippen LogP contribution in [0.25, 0.3) is 0 Å². The normalized spacial score (nSPS) is 54.6. The highest BCUT2D eigenvalue weighted by Crippen LogP contribution is 2.67. The van der Waals surface area contributed by atoms with Crippen LogP contribution in [0, 0.1) is 34.5 Å². The maximum Gasteiger partial charge on any atom is 0.187 e. The number of hydrogen-bond donors (Lipinski definition) is 7. The van der Waals surface area contributed by atoms with Gasteiger partial charge in [-0.3, -0.25) is 0 Å². The van der Waals surface area contributed by atoms with E-state index in [2.05, 4.69) is 26.0 Å². The van der Waals surface area contributed by atoms with Gasteiger partial charge >= 0.3 is 0 Å². The first-order valence-electron chi connectivity index (χ1n) is 24.6. The first kappa shape index (κ1) is 51.4. The molecule has 0 aromatic heterocycles. The Kier molecular flexibility index (Phi) is 15.8. The van der Waals surface area contributed by atoms with Crippen molar-refractivity contribution in [2.24, 2.45) is 34.5 Å². The van der Waals surface area contributed by atoms with Crippen LogP contribution < -0.4 is 0 Å². The van der Waals surface area contributed by atoms with Gasteiger partial charge in [0, 0.05) is 39.6 Å². The van der Waals surface area contributed by atoms with Crippen molar-refractivity contribution in [3.63, 3.8) is 0 Å². The molecule has 18 nitrogen and oxygen atoms in total. The molecule has 0 unspecified atom stereocenters. The lowest BCUT2D eigenvalue weighted by Crippen LogP contribution is -2.62. The third-order valence-electron chi connectivity index (χ3n) is 18.0. The van der Waals surface area contributed by atoms with Gasteiger partial charge in [0.2, 0.25) is 0 Å². The van der Waals surface area contributed by atoms with Gasteiger partial charge in [-0.1, -0.05) is 26.0 Å². The molecule has 0 amide bonds. The molecule has 0 aromatic carbocycles. The van der Waals surface area contributed by atoms with E-state index in [1.54, 1.807) is 21.0 Å². The van der Waals surface area contributed by atoms with Crippen LogP contribution in [0.15, 0.2) is 12.2 Å². The van der Waals surface area contributed by atoms with Gasteiger partial charge in [0.25, 0.3) is 0 Å². The largest absolute Gasteiger partial charge is 0.394 e. The quantitative estimate of drug-likeness (QED) is 0.130. The number of aliphatic hydroxyl groups excluding tert-OH is 6. The van der Waals surface area contributed by atoms with Gasteiger partial charge in [0.15, 0.2) is 25.2 Å². The Bertz CT molecular complexity index is 1640. The molecule has 380 valence electrons. The van der Waals surface area contributed by atoms with E-state index in [1.807, 2.05) is 13.8 Å². The van der Waals surface area contributed by atoms with E-state index in [-0.39, 0.29) is 29.3 Å². The average molecular weight is 945 g/mol. The van der Waals surface area contributed by atoms with Crippen molar-refractivity contribution < 1.29 is 87.9 Å². The first-order chi connectivity index (χ1) is 31.3. The Hall–Kier alpha value is -0.980. The summed E-state index contributed by atoms with van der Waals surface area (Å²) in [7, 11) is 4.64. The fraction of sp³-hybridized carbons (Fsp3) is 0.958. The molecule has 0 spiro atoms. The molecule has 0 bridgehead atoms. The Balaban J connectivity index is 0.861. The van der Waals surface area contributed by atoms with Crippen molar-refractivity contribution in [3.05, 3.63) is 12.2 Å². The molecule has 7 fully saturated rings. The highest BCUT2D eigenvalue weighted by Gasteiger charge is 2.66. The Labute approximate surface area is 389 Å². The zero-order chi connectivity index (χ0) is 47.6. The van der Waals surface area contributed by atoms with Crippen LogP contribution in [0.3, 0.4) is 0 Å². The number of methoxy groups -OCH3 is 3. The Morgan fingerprint density at radius 2 is 1.26 bits per heavy atom. The molecule has 27 atom stereocenters. The fourth-order valence-electron chi connectivity index (χ4n) is 13.9. The molecule has 4 aliphatic carbocycles. The molecular formula is C48H80O18. The molecule has 0 aromatic rings. The summed E-state index contributed by atoms with van der Waals surface area (Å²) in [6, 6.07) is 0. The fourth-order valence-corrected chi connectivity index (χ4v) is 13.9. The highest BCUT2D eigenvalue weighted by molar-refractivity contribution is 5.21. The summed E-state index contributed by atoms with van der Waals surface area (Å²) in [4.78, 5) is 0. The SMILES string of the molecule is CO[C@H]1[C@@H](O)[C@@H](C)O[C@@H](O[C@H]2CC[C@@]3(C)[C@@H](C=C[C@@H]4[C@@H]3CC[C@@]3(C)[C@H]4CC[C@]3(O)[C@H](C)O[C@H]3C[C@H](OC)[C@@H](O[C@H]4C[C@@H](OC)[C@H](O[C@@H]5O[C@H](CO)[C@@H](O)[C@H](O)[C@H]5O)[C@@H](C)O4)[C@@H](C)O3)C2)[C@@H]1O. The van der Waals surface area contributed by atoms with Gasteiger partial charge in [0.1, 0.15) is 54.9 Å². The van der Waals surface area contributed by atoms with E-state index >= 15 is 0 Å². The molecule has 8 rings (SSSR count). The molecule has 0 radical (unpaired) electrons. The summed E-state index contributed by atoms with van der Waals surface area (Å²) >= 11 is 0. The number of allylic oxidation sites excluding steroid dienone is 2. The minimum atomic E-state index is -1.58. The lowest BCUT2D eigenvalue weighted by atomic mass is 9.46. The predicted octanol–water partition coefficient (Wildman–Crippen LogP) is 1.68. The van der Waals surface area contributed by atoms with E-state index < -0.39 is 129 Å². The topological polar surface area (TPSA) is 243 Å². The molecule has 66 heavy (non-hydrogen) atoms. The Morgan fingerprint density at radius 1 is 0.621 bits per heavy atom. The van der Waals surface area contributed by atoms with Crippen molar-refractivity contribution in [2.75, 3.05) is 27.9 Å². The molecule has 8 aliphatic rings. The van der Waals surface area contributed by atoms with Crippen molar-refractivity contribution in [2.45, 2.75) is 228 Å².